The predicted octanol–water partition coefficient (Wildman–Crippen LogP) is 3.04. The molecule has 0 aromatic heterocycles. The standard InChI is InChI=1S/C10H14S/c1-9-6-4-5-7-10(9,2)8-11-3/h4-7H,1,8H2,2-3H3. The van der Waals surface area contributed by atoms with Crippen LogP contribution in [0.3, 0.4) is 0 Å². The molecule has 60 valence electrons. The summed E-state index contributed by atoms with van der Waals surface area (Å²) in [4.78, 5) is 0. The van der Waals surface area contributed by atoms with Gasteiger partial charge < -0.3 is 0 Å². The van der Waals surface area contributed by atoms with Gasteiger partial charge in [-0.1, -0.05) is 37.8 Å². The maximum Gasteiger partial charge on any atom is 0.0191 e. The molecule has 0 nitrogen and oxygen atoms in total. The highest BCUT2D eigenvalue weighted by atomic mass is 32.2. The van der Waals surface area contributed by atoms with Gasteiger partial charge >= 0.3 is 0 Å². The van der Waals surface area contributed by atoms with Gasteiger partial charge in [0.05, 0.1) is 0 Å². The lowest BCUT2D eigenvalue weighted by molar-refractivity contribution is 0.607. The van der Waals surface area contributed by atoms with Gasteiger partial charge in [-0.25, -0.2) is 0 Å². The number of hydrogen-bond acceptors (Lipinski definition) is 1. The van der Waals surface area contributed by atoms with Gasteiger partial charge in [-0.3, -0.25) is 0 Å². The Balaban J connectivity index is 2.77. The van der Waals surface area contributed by atoms with Gasteiger partial charge in [-0.2, -0.15) is 11.8 Å². The van der Waals surface area contributed by atoms with Crippen LogP contribution < -0.4 is 0 Å². The summed E-state index contributed by atoms with van der Waals surface area (Å²) >= 11 is 1.86. The molecule has 0 aliphatic heterocycles. The van der Waals surface area contributed by atoms with Gasteiger partial charge in [-0.15, -0.1) is 0 Å². The minimum atomic E-state index is 0.189. The molecule has 0 amide bonds. The minimum absolute atomic E-state index is 0.189. The van der Waals surface area contributed by atoms with E-state index >= 15 is 0 Å². The van der Waals surface area contributed by atoms with E-state index in [1.165, 1.54) is 5.57 Å². The molecule has 0 spiro atoms. The second-order valence-corrected chi connectivity index (χ2v) is 3.96. The van der Waals surface area contributed by atoms with E-state index in [-0.39, 0.29) is 5.41 Å². The largest absolute Gasteiger partial charge is 0.164 e. The fourth-order valence-electron chi connectivity index (χ4n) is 1.18. The Morgan fingerprint density at radius 3 is 2.82 bits per heavy atom. The van der Waals surface area contributed by atoms with E-state index in [2.05, 4.69) is 38.0 Å². The lowest BCUT2D eigenvalue weighted by Gasteiger charge is -2.27. The molecule has 0 N–H and O–H groups in total. The number of hydrogen-bond donors (Lipinski definition) is 0. The summed E-state index contributed by atoms with van der Waals surface area (Å²) in [6.07, 6.45) is 10.6. The van der Waals surface area contributed by atoms with E-state index in [9.17, 15) is 0 Å². The summed E-state index contributed by atoms with van der Waals surface area (Å²) in [5, 5.41) is 0. The highest BCUT2D eigenvalue weighted by Gasteiger charge is 2.23. The van der Waals surface area contributed by atoms with Crippen molar-refractivity contribution in [3.63, 3.8) is 0 Å². The molecule has 0 saturated carbocycles. The molecule has 0 aromatic rings. The summed E-state index contributed by atoms with van der Waals surface area (Å²) in [5.74, 6) is 1.12. The molecule has 0 bridgehead atoms. The Morgan fingerprint density at radius 1 is 1.55 bits per heavy atom. The first-order valence-electron chi connectivity index (χ1n) is 3.73. The molecule has 1 heteroatoms. The fourth-order valence-corrected chi connectivity index (χ4v) is 2.06. The van der Waals surface area contributed by atoms with Crippen LogP contribution >= 0.6 is 11.8 Å². The van der Waals surface area contributed by atoms with Gasteiger partial charge in [0, 0.05) is 11.2 Å². The zero-order valence-corrected chi connectivity index (χ0v) is 7.95. The van der Waals surface area contributed by atoms with Gasteiger partial charge in [0.15, 0.2) is 0 Å². The fraction of sp³-hybridized carbons (Fsp3) is 0.400. The molecule has 1 atom stereocenters. The molecule has 1 rings (SSSR count). The number of rotatable bonds is 2. The second-order valence-electron chi connectivity index (χ2n) is 3.09. The maximum atomic E-state index is 4.03. The minimum Gasteiger partial charge on any atom is -0.164 e. The van der Waals surface area contributed by atoms with E-state index in [0.29, 0.717) is 0 Å². The van der Waals surface area contributed by atoms with Crippen molar-refractivity contribution in [2.45, 2.75) is 6.92 Å². The van der Waals surface area contributed by atoms with Crippen molar-refractivity contribution in [1.82, 2.24) is 0 Å². The van der Waals surface area contributed by atoms with Crippen LogP contribution in [0.15, 0.2) is 36.5 Å². The van der Waals surface area contributed by atoms with Crippen LogP contribution in [0.5, 0.6) is 0 Å². The molecule has 1 aliphatic carbocycles. The average molecular weight is 166 g/mol. The monoisotopic (exact) mass is 166 g/mol. The third-order valence-electron chi connectivity index (χ3n) is 2.05. The average Bonchev–Trinajstić information content (AvgIpc) is 1.96. The molecular weight excluding hydrogens is 152 g/mol. The van der Waals surface area contributed by atoms with Crippen molar-refractivity contribution < 1.29 is 0 Å². The summed E-state index contributed by atoms with van der Waals surface area (Å²) in [6, 6.07) is 0. The third kappa shape index (κ3) is 1.78. The van der Waals surface area contributed by atoms with Gasteiger partial charge in [0.25, 0.3) is 0 Å². The first kappa shape index (κ1) is 8.66. The van der Waals surface area contributed by atoms with Gasteiger partial charge in [0.1, 0.15) is 0 Å². The highest BCUT2D eigenvalue weighted by Crippen LogP contribution is 2.33. The van der Waals surface area contributed by atoms with Crippen LogP contribution in [0.2, 0.25) is 0 Å². The lowest BCUT2D eigenvalue weighted by Crippen LogP contribution is -2.19. The Labute approximate surface area is 73.1 Å². The quantitative estimate of drug-likeness (QED) is 0.607. The van der Waals surface area contributed by atoms with Crippen molar-refractivity contribution in [2.24, 2.45) is 5.41 Å². The van der Waals surface area contributed by atoms with Crippen molar-refractivity contribution in [3.8, 4) is 0 Å². The molecule has 0 aromatic carbocycles. The molecule has 11 heavy (non-hydrogen) atoms. The van der Waals surface area contributed by atoms with Crippen molar-refractivity contribution in [2.75, 3.05) is 12.0 Å². The van der Waals surface area contributed by atoms with Gasteiger partial charge in [0.2, 0.25) is 0 Å². The predicted molar refractivity (Wildman–Crippen MR) is 53.9 cm³/mol. The van der Waals surface area contributed by atoms with Crippen molar-refractivity contribution in [3.05, 3.63) is 36.5 Å². The first-order valence-corrected chi connectivity index (χ1v) is 5.13. The summed E-state index contributed by atoms with van der Waals surface area (Å²) in [6.45, 7) is 6.26. The van der Waals surface area contributed by atoms with E-state index in [1.54, 1.807) is 0 Å². The van der Waals surface area contributed by atoms with E-state index in [0.717, 1.165) is 5.75 Å². The summed E-state index contributed by atoms with van der Waals surface area (Å²) in [7, 11) is 0. The number of thioether (sulfide) groups is 1. The Bertz CT molecular complexity index is 213. The van der Waals surface area contributed by atoms with Crippen LogP contribution in [0, 0.1) is 5.41 Å². The zero-order chi connectivity index (χ0) is 8.32. The topological polar surface area (TPSA) is 0 Å². The van der Waals surface area contributed by atoms with Crippen LogP contribution in [0.1, 0.15) is 6.92 Å². The normalized spacial score (nSPS) is 29.5. The Kier molecular flexibility index (Phi) is 2.61. The summed E-state index contributed by atoms with van der Waals surface area (Å²) < 4.78 is 0. The van der Waals surface area contributed by atoms with E-state index in [1.807, 2.05) is 17.8 Å². The van der Waals surface area contributed by atoms with Crippen molar-refractivity contribution in [1.29, 1.82) is 0 Å². The first-order chi connectivity index (χ1) is 5.19. The smallest absolute Gasteiger partial charge is 0.0191 e. The third-order valence-corrected chi connectivity index (χ3v) is 2.94. The van der Waals surface area contributed by atoms with E-state index in [4.69, 9.17) is 0 Å². The number of allylic oxidation sites excluding steroid dienone is 5. The SMILES string of the molecule is C=C1C=CC=CC1(C)CSC. The molecule has 1 aliphatic rings. The molecule has 0 heterocycles. The van der Waals surface area contributed by atoms with Crippen molar-refractivity contribution >= 4 is 11.8 Å². The molecule has 1 unspecified atom stereocenters. The second kappa shape index (κ2) is 3.31. The Hall–Kier alpha value is -0.430. The Morgan fingerprint density at radius 2 is 2.27 bits per heavy atom. The van der Waals surface area contributed by atoms with Crippen LogP contribution in [0.4, 0.5) is 0 Å². The van der Waals surface area contributed by atoms with Crippen LogP contribution in [-0.2, 0) is 0 Å². The van der Waals surface area contributed by atoms with Crippen LogP contribution in [0.25, 0.3) is 0 Å². The lowest BCUT2D eigenvalue weighted by atomic mass is 9.82. The van der Waals surface area contributed by atoms with E-state index < -0.39 is 0 Å². The van der Waals surface area contributed by atoms with Gasteiger partial charge in [-0.05, 0) is 11.8 Å². The zero-order valence-electron chi connectivity index (χ0n) is 7.13. The molecule has 0 fully saturated rings. The summed E-state index contributed by atoms with van der Waals surface area (Å²) in [5.41, 5.74) is 1.41. The molecule has 0 radical (unpaired) electrons. The van der Waals surface area contributed by atoms with Crippen LogP contribution in [-0.4, -0.2) is 12.0 Å². The molecule has 0 saturated heterocycles. The molecular formula is C10H14S. The highest BCUT2D eigenvalue weighted by molar-refractivity contribution is 7.98. The maximum absolute atomic E-state index is 4.03.